The van der Waals surface area contributed by atoms with E-state index >= 15 is 0 Å². The van der Waals surface area contributed by atoms with Crippen molar-refractivity contribution in [1.29, 1.82) is 0 Å². The molecule has 0 amide bonds. The molecule has 2 N–H and O–H groups in total. The summed E-state index contributed by atoms with van der Waals surface area (Å²) in [6, 6.07) is 15.3. The summed E-state index contributed by atoms with van der Waals surface area (Å²) in [6.45, 7) is 11.1. The number of piperidine rings is 2. The highest BCUT2D eigenvalue weighted by molar-refractivity contribution is 14.1. The maximum atomic E-state index is 6.24. The number of likely N-dealkylation sites (N-methyl/N-ethyl adjacent to an activating group) is 2. The molecule has 0 spiro atoms. The molecule has 3 unspecified atom stereocenters. The lowest BCUT2D eigenvalue weighted by molar-refractivity contribution is 0.0919. The fourth-order valence-electron chi connectivity index (χ4n) is 4.38. The van der Waals surface area contributed by atoms with Gasteiger partial charge in [0, 0.05) is 21.5 Å². The molecule has 2 heterocycles. The fraction of sp³-hybridized carbons (Fsp3) is 0.536. The number of hydrogen-bond acceptors (Lipinski definition) is 7. The Morgan fingerprint density at radius 1 is 1.00 bits per heavy atom. The third-order valence-electron chi connectivity index (χ3n) is 6.32. The highest BCUT2D eigenvalue weighted by Gasteiger charge is 2.20. The Balaban J connectivity index is 0.000000235. The van der Waals surface area contributed by atoms with E-state index in [1.54, 1.807) is 22.6 Å². The average Bonchev–Trinajstić information content (AvgIpc) is 2.92. The van der Waals surface area contributed by atoms with Crippen LogP contribution in [0, 0.1) is 0 Å². The van der Waals surface area contributed by atoms with E-state index in [4.69, 9.17) is 17.9 Å². The Morgan fingerprint density at radius 3 is 1.86 bits per heavy atom. The molecule has 6 nitrogen and oxygen atoms in total. The van der Waals surface area contributed by atoms with Gasteiger partial charge in [0.15, 0.2) is 0 Å². The van der Waals surface area contributed by atoms with Gasteiger partial charge in [-0.3, -0.25) is 9.80 Å². The SMILES string of the molecule is CCN1CCCC(Oc2ccc(N)cc2)C1.CCN1CCCC(Oc2ccc(N=C=S)cc2)C1.[2H]C([3H])I. The summed E-state index contributed by atoms with van der Waals surface area (Å²) < 4.78 is 24.4. The van der Waals surface area contributed by atoms with E-state index in [2.05, 4.69) is 46.0 Å². The second-order valence-electron chi connectivity index (χ2n) is 8.82. The summed E-state index contributed by atoms with van der Waals surface area (Å²) in [5, 5.41) is 2.36. The lowest BCUT2D eigenvalue weighted by atomic mass is 10.1. The number of alkyl halides is 1. The van der Waals surface area contributed by atoms with Crippen LogP contribution in [0.1, 0.15) is 42.3 Å². The van der Waals surface area contributed by atoms with Crippen molar-refractivity contribution in [3.05, 3.63) is 48.5 Å². The number of halogens is 1. The van der Waals surface area contributed by atoms with Crippen molar-refractivity contribution in [3.63, 3.8) is 0 Å². The molecule has 2 aliphatic heterocycles. The lowest BCUT2D eigenvalue weighted by Gasteiger charge is -2.32. The first-order valence-corrected chi connectivity index (χ1v) is 14.3. The molecule has 198 valence electrons. The summed E-state index contributed by atoms with van der Waals surface area (Å²) in [7, 11) is 0. The van der Waals surface area contributed by atoms with Crippen molar-refractivity contribution in [3.8, 4) is 11.5 Å². The van der Waals surface area contributed by atoms with Gasteiger partial charge >= 0.3 is 0 Å². The van der Waals surface area contributed by atoms with Gasteiger partial charge in [-0.15, -0.1) is 0 Å². The van der Waals surface area contributed by atoms with E-state index < -0.39 is 4.88 Å². The molecule has 0 bridgehead atoms. The van der Waals surface area contributed by atoms with Crippen molar-refractivity contribution in [2.45, 2.75) is 51.7 Å². The van der Waals surface area contributed by atoms with Gasteiger partial charge in [-0.1, -0.05) is 36.4 Å². The molecule has 3 atom stereocenters. The normalized spacial score (nSPS) is 21.6. The van der Waals surface area contributed by atoms with Gasteiger partial charge in [-0.25, -0.2) is 0 Å². The molecular formula is C28H41IN4O2S. The molecule has 8 heteroatoms. The van der Waals surface area contributed by atoms with Crippen molar-refractivity contribution in [2.24, 2.45) is 4.99 Å². The van der Waals surface area contributed by atoms with Gasteiger partial charge < -0.3 is 15.2 Å². The first-order chi connectivity index (χ1) is 18.3. The molecule has 2 aliphatic rings. The largest absolute Gasteiger partial charge is 0.489 e. The Labute approximate surface area is 239 Å². The van der Waals surface area contributed by atoms with Crippen LogP contribution in [-0.2, 0) is 0 Å². The Kier molecular flexibility index (Phi) is 13.4. The van der Waals surface area contributed by atoms with Crippen molar-refractivity contribution < 1.29 is 12.2 Å². The smallest absolute Gasteiger partial charge is 0.119 e. The zero-order valence-electron chi connectivity index (χ0n) is 23.4. The Bertz CT molecular complexity index is 960. The number of rotatable bonds is 7. The van der Waals surface area contributed by atoms with Crippen LogP contribution >= 0.6 is 34.8 Å². The number of likely N-dealkylation sites (tertiary alicyclic amines) is 2. The minimum absolute atomic E-state index is 0.304. The van der Waals surface area contributed by atoms with Crippen LogP contribution in [0.25, 0.3) is 0 Å². The quantitative estimate of drug-likeness (QED) is 0.125. The van der Waals surface area contributed by atoms with E-state index in [1.807, 2.05) is 48.5 Å². The monoisotopic (exact) mass is 627 g/mol. The van der Waals surface area contributed by atoms with Gasteiger partial charge in [-0.05, 0) is 117 Å². The van der Waals surface area contributed by atoms with Crippen molar-refractivity contribution in [2.75, 3.05) is 49.9 Å². The van der Waals surface area contributed by atoms with E-state index in [-0.39, 0.29) is 0 Å². The first kappa shape index (κ1) is 27.3. The van der Waals surface area contributed by atoms with E-state index in [0.717, 1.165) is 61.9 Å². The molecular weight excluding hydrogens is 583 g/mol. The standard InChI is InChI=1S/C14H18N2OS.C13H20N2O.CH3I/c1-2-16-9-3-4-14(10-16)17-13-7-5-12(6-8-13)15-11-18;1-2-15-9-3-4-13(10-15)16-12-7-5-11(14)6-8-12;1-2/h5-8,14H,2-4,9-10H2,1H3;5-8,13H,2-4,9-10,14H2,1H3;1H3/i;;1TD. The maximum absolute atomic E-state index is 6.24. The summed E-state index contributed by atoms with van der Waals surface area (Å²) in [4.78, 5) is 8.09. The number of hydrogen-bond donors (Lipinski definition) is 1. The predicted octanol–water partition coefficient (Wildman–Crippen LogP) is 6.47. The number of nitrogens with two attached hydrogens (primary N) is 1. The summed E-state index contributed by atoms with van der Waals surface area (Å²) in [6.07, 6.45) is 5.37. The summed E-state index contributed by atoms with van der Waals surface area (Å²) in [5.74, 6) is 1.83. The van der Waals surface area contributed by atoms with Crippen LogP contribution in [0.2, 0.25) is 0 Å². The fourth-order valence-corrected chi connectivity index (χ4v) is 4.48. The molecule has 36 heavy (non-hydrogen) atoms. The number of anilines is 1. The minimum Gasteiger partial charge on any atom is -0.489 e. The average molecular weight is 628 g/mol. The third kappa shape index (κ3) is 11.1. The maximum Gasteiger partial charge on any atom is 0.119 e. The molecule has 2 fully saturated rings. The highest BCUT2D eigenvalue weighted by atomic mass is 127. The van der Waals surface area contributed by atoms with Crippen molar-refractivity contribution in [1.82, 2.24) is 9.80 Å². The third-order valence-corrected chi connectivity index (χ3v) is 6.41. The van der Waals surface area contributed by atoms with Crippen LogP contribution in [-0.4, -0.2) is 71.3 Å². The van der Waals surface area contributed by atoms with Gasteiger partial charge in [-0.2, -0.15) is 4.99 Å². The first-order valence-electron chi connectivity index (χ1n) is 13.8. The number of nitrogens with zero attached hydrogens (tertiary/aromatic N) is 3. The Morgan fingerprint density at radius 2 is 1.44 bits per heavy atom. The zero-order valence-corrected chi connectivity index (χ0v) is 24.4. The molecule has 4 rings (SSSR count). The Hall–Kier alpha value is -1.71. The van der Waals surface area contributed by atoms with Crippen LogP contribution in [0.15, 0.2) is 53.5 Å². The molecule has 2 saturated heterocycles. The number of ether oxygens (including phenoxy) is 2. The number of nitrogen functional groups attached to an aromatic ring is 1. The molecule has 2 aromatic rings. The number of thiocarbonyl (C=S) groups is 1. The van der Waals surface area contributed by atoms with Gasteiger partial charge in [0.2, 0.25) is 0 Å². The van der Waals surface area contributed by atoms with Gasteiger partial charge in [0.1, 0.15) is 23.7 Å². The van der Waals surface area contributed by atoms with Crippen LogP contribution < -0.4 is 15.2 Å². The molecule has 0 saturated carbocycles. The number of isothiocyanates is 1. The van der Waals surface area contributed by atoms with Crippen LogP contribution in [0.4, 0.5) is 11.4 Å². The molecule has 0 aliphatic carbocycles. The molecule has 2 aromatic carbocycles. The number of benzene rings is 2. The predicted molar refractivity (Wildman–Crippen MR) is 163 cm³/mol. The zero-order chi connectivity index (χ0) is 27.8. The molecule has 0 radical (unpaired) electrons. The van der Waals surface area contributed by atoms with E-state index in [9.17, 15) is 0 Å². The van der Waals surface area contributed by atoms with Crippen LogP contribution in [0.3, 0.4) is 0 Å². The van der Waals surface area contributed by atoms with E-state index in [0.29, 0.717) is 12.2 Å². The van der Waals surface area contributed by atoms with Crippen LogP contribution in [0.5, 0.6) is 11.5 Å². The highest BCUT2D eigenvalue weighted by Crippen LogP contribution is 2.22. The van der Waals surface area contributed by atoms with Gasteiger partial charge in [0.25, 0.3) is 0 Å². The van der Waals surface area contributed by atoms with Gasteiger partial charge in [0.05, 0.1) is 10.8 Å². The van der Waals surface area contributed by atoms with Crippen molar-refractivity contribution >= 4 is 51.3 Å². The second-order valence-corrected chi connectivity index (χ2v) is 9.00. The second kappa shape index (κ2) is 17.7. The lowest BCUT2D eigenvalue weighted by Crippen LogP contribution is -2.40. The number of aliphatic imine (C=N–C) groups is 1. The summed E-state index contributed by atoms with van der Waals surface area (Å²) in [5.41, 5.74) is 7.24. The summed E-state index contributed by atoms with van der Waals surface area (Å²) >= 11 is 6.25. The van der Waals surface area contributed by atoms with E-state index in [1.165, 1.54) is 25.9 Å². The molecule has 0 aromatic heterocycles. The minimum atomic E-state index is -0.697. The topological polar surface area (TPSA) is 63.3 Å².